The first-order chi connectivity index (χ1) is 12.1. The summed E-state index contributed by atoms with van der Waals surface area (Å²) in [6.07, 6.45) is 0. The molecule has 0 unspecified atom stereocenters. The summed E-state index contributed by atoms with van der Waals surface area (Å²) in [4.78, 5) is 17.1. The topological polar surface area (TPSA) is 35.6 Å². The van der Waals surface area contributed by atoms with Crippen LogP contribution in [0.4, 0.5) is 11.4 Å². The number of hydrogen-bond acceptors (Lipinski definition) is 3. The molecule has 3 rings (SSSR count). The van der Waals surface area contributed by atoms with E-state index in [9.17, 15) is 4.79 Å². The highest BCUT2D eigenvalue weighted by Gasteiger charge is 2.26. The average molecular weight is 378 g/mol. The molecule has 1 aliphatic heterocycles. The summed E-state index contributed by atoms with van der Waals surface area (Å²) >= 11 is 12.1. The minimum atomic E-state index is -0.229. The van der Waals surface area contributed by atoms with Crippen molar-refractivity contribution in [2.24, 2.45) is 0 Å². The SMILES string of the molecule is C[C@@H](C(=O)Nc1cccc(Cl)c1Cl)N1CCN(c2ccccc2)CC1. The molecule has 0 saturated carbocycles. The van der Waals surface area contributed by atoms with Gasteiger partial charge in [0.25, 0.3) is 0 Å². The molecule has 6 heteroatoms. The van der Waals surface area contributed by atoms with E-state index in [0.29, 0.717) is 15.7 Å². The molecule has 1 saturated heterocycles. The Morgan fingerprint density at radius 2 is 1.68 bits per heavy atom. The van der Waals surface area contributed by atoms with Crippen LogP contribution in [-0.2, 0) is 4.79 Å². The number of rotatable bonds is 4. The van der Waals surface area contributed by atoms with Crippen molar-refractivity contribution < 1.29 is 4.79 Å². The van der Waals surface area contributed by atoms with Gasteiger partial charge in [0.1, 0.15) is 0 Å². The summed E-state index contributed by atoms with van der Waals surface area (Å²) in [7, 11) is 0. The number of piperazine rings is 1. The molecule has 1 aliphatic rings. The van der Waals surface area contributed by atoms with Crippen molar-refractivity contribution in [2.45, 2.75) is 13.0 Å². The van der Waals surface area contributed by atoms with E-state index in [1.165, 1.54) is 5.69 Å². The summed E-state index contributed by atoms with van der Waals surface area (Å²) in [6.45, 7) is 5.41. The molecule has 4 nitrogen and oxygen atoms in total. The fraction of sp³-hybridized carbons (Fsp3) is 0.316. The highest BCUT2D eigenvalue weighted by atomic mass is 35.5. The Labute approximate surface area is 158 Å². The fourth-order valence-electron chi connectivity index (χ4n) is 3.01. The first kappa shape index (κ1) is 18.1. The second-order valence-electron chi connectivity index (χ2n) is 6.13. The highest BCUT2D eigenvalue weighted by Crippen LogP contribution is 2.29. The monoisotopic (exact) mass is 377 g/mol. The van der Waals surface area contributed by atoms with Gasteiger partial charge in [-0.25, -0.2) is 0 Å². The van der Waals surface area contributed by atoms with Gasteiger partial charge in [-0.05, 0) is 31.2 Å². The lowest BCUT2D eigenvalue weighted by atomic mass is 10.2. The van der Waals surface area contributed by atoms with E-state index >= 15 is 0 Å². The maximum absolute atomic E-state index is 12.6. The number of anilines is 2. The second-order valence-corrected chi connectivity index (χ2v) is 6.91. The number of nitrogens with zero attached hydrogens (tertiary/aromatic N) is 2. The smallest absolute Gasteiger partial charge is 0.241 e. The molecule has 1 N–H and O–H groups in total. The zero-order chi connectivity index (χ0) is 17.8. The predicted octanol–water partition coefficient (Wildman–Crippen LogP) is 4.14. The van der Waals surface area contributed by atoms with E-state index in [-0.39, 0.29) is 11.9 Å². The quantitative estimate of drug-likeness (QED) is 0.869. The summed E-state index contributed by atoms with van der Waals surface area (Å²) in [6, 6.07) is 15.4. The minimum absolute atomic E-state index is 0.0719. The van der Waals surface area contributed by atoms with Gasteiger partial charge in [-0.1, -0.05) is 47.5 Å². The van der Waals surface area contributed by atoms with Crippen molar-refractivity contribution in [2.75, 3.05) is 36.4 Å². The van der Waals surface area contributed by atoms with E-state index in [1.807, 2.05) is 25.1 Å². The maximum atomic E-state index is 12.6. The lowest BCUT2D eigenvalue weighted by Gasteiger charge is -2.38. The molecule has 0 aromatic heterocycles. The Morgan fingerprint density at radius 3 is 2.36 bits per heavy atom. The Bertz CT molecular complexity index is 731. The molecule has 132 valence electrons. The zero-order valence-electron chi connectivity index (χ0n) is 14.1. The number of nitrogens with one attached hydrogen (secondary N) is 1. The molecule has 2 aromatic carbocycles. The number of hydrogen-bond donors (Lipinski definition) is 1. The van der Waals surface area contributed by atoms with Gasteiger partial charge in [0.05, 0.1) is 21.8 Å². The number of para-hydroxylation sites is 1. The number of halogens is 2. The summed E-state index contributed by atoms with van der Waals surface area (Å²) in [5.41, 5.74) is 1.78. The van der Waals surface area contributed by atoms with Crippen molar-refractivity contribution in [3.63, 3.8) is 0 Å². The molecule has 0 bridgehead atoms. The molecule has 1 amide bonds. The van der Waals surface area contributed by atoms with Gasteiger partial charge >= 0.3 is 0 Å². The van der Waals surface area contributed by atoms with Gasteiger partial charge in [-0.3, -0.25) is 9.69 Å². The molecular formula is C19H21Cl2N3O. The standard InChI is InChI=1S/C19H21Cl2N3O/c1-14(19(25)22-17-9-5-8-16(20)18(17)21)23-10-12-24(13-11-23)15-6-3-2-4-7-15/h2-9,14H,10-13H2,1H3,(H,22,25)/t14-/m0/s1. The summed E-state index contributed by atoms with van der Waals surface area (Å²) < 4.78 is 0. The van der Waals surface area contributed by atoms with Crippen LogP contribution in [0.5, 0.6) is 0 Å². The number of carbonyl (C=O) groups excluding carboxylic acids is 1. The number of amides is 1. The Hall–Kier alpha value is -1.75. The van der Waals surface area contributed by atoms with Crippen LogP contribution < -0.4 is 10.2 Å². The highest BCUT2D eigenvalue weighted by molar-refractivity contribution is 6.44. The third-order valence-electron chi connectivity index (χ3n) is 4.57. The van der Waals surface area contributed by atoms with Crippen LogP contribution in [0.3, 0.4) is 0 Å². The number of benzene rings is 2. The largest absolute Gasteiger partial charge is 0.369 e. The van der Waals surface area contributed by atoms with Crippen molar-refractivity contribution in [1.29, 1.82) is 0 Å². The number of carbonyl (C=O) groups is 1. The van der Waals surface area contributed by atoms with E-state index in [4.69, 9.17) is 23.2 Å². The van der Waals surface area contributed by atoms with E-state index < -0.39 is 0 Å². The molecule has 0 spiro atoms. The molecule has 1 heterocycles. The molecular weight excluding hydrogens is 357 g/mol. The van der Waals surface area contributed by atoms with E-state index in [1.54, 1.807) is 18.2 Å². The average Bonchev–Trinajstić information content (AvgIpc) is 2.65. The molecule has 1 atom stereocenters. The maximum Gasteiger partial charge on any atom is 0.241 e. The Balaban J connectivity index is 1.58. The van der Waals surface area contributed by atoms with Crippen LogP contribution in [0, 0.1) is 0 Å². The van der Waals surface area contributed by atoms with Crippen molar-refractivity contribution >= 4 is 40.5 Å². The van der Waals surface area contributed by atoms with E-state index in [0.717, 1.165) is 26.2 Å². The minimum Gasteiger partial charge on any atom is -0.369 e. The Kier molecular flexibility index (Phi) is 5.84. The van der Waals surface area contributed by atoms with Crippen molar-refractivity contribution in [3.05, 3.63) is 58.6 Å². The van der Waals surface area contributed by atoms with Crippen LogP contribution in [0.15, 0.2) is 48.5 Å². The first-order valence-corrected chi connectivity index (χ1v) is 9.11. The third-order valence-corrected chi connectivity index (χ3v) is 5.39. The Morgan fingerprint density at radius 1 is 1.00 bits per heavy atom. The van der Waals surface area contributed by atoms with Gasteiger partial charge in [0.2, 0.25) is 5.91 Å². The van der Waals surface area contributed by atoms with Gasteiger partial charge in [0, 0.05) is 31.9 Å². The van der Waals surface area contributed by atoms with Gasteiger partial charge < -0.3 is 10.2 Å². The third kappa shape index (κ3) is 4.27. The molecule has 0 radical (unpaired) electrons. The summed E-state index contributed by atoms with van der Waals surface area (Å²) in [5.74, 6) is -0.0719. The van der Waals surface area contributed by atoms with Gasteiger partial charge in [0.15, 0.2) is 0 Å². The van der Waals surface area contributed by atoms with Crippen LogP contribution >= 0.6 is 23.2 Å². The van der Waals surface area contributed by atoms with Crippen LogP contribution in [-0.4, -0.2) is 43.0 Å². The second kappa shape index (κ2) is 8.09. The summed E-state index contributed by atoms with van der Waals surface area (Å²) in [5, 5.41) is 3.69. The molecule has 25 heavy (non-hydrogen) atoms. The molecule has 0 aliphatic carbocycles. The van der Waals surface area contributed by atoms with Crippen LogP contribution in [0.25, 0.3) is 0 Å². The first-order valence-electron chi connectivity index (χ1n) is 8.35. The van der Waals surface area contributed by atoms with Crippen LogP contribution in [0.2, 0.25) is 10.0 Å². The normalized spacial score (nSPS) is 16.5. The van der Waals surface area contributed by atoms with E-state index in [2.05, 4.69) is 27.2 Å². The van der Waals surface area contributed by atoms with Crippen molar-refractivity contribution in [3.8, 4) is 0 Å². The van der Waals surface area contributed by atoms with Gasteiger partial charge in [-0.2, -0.15) is 0 Å². The molecule has 2 aromatic rings. The molecule has 1 fully saturated rings. The fourth-order valence-corrected chi connectivity index (χ4v) is 3.36. The predicted molar refractivity (Wildman–Crippen MR) is 105 cm³/mol. The van der Waals surface area contributed by atoms with Crippen molar-refractivity contribution in [1.82, 2.24) is 4.90 Å². The lowest BCUT2D eigenvalue weighted by molar-refractivity contribution is -0.120. The van der Waals surface area contributed by atoms with Gasteiger partial charge in [-0.15, -0.1) is 0 Å². The lowest BCUT2D eigenvalue weighted by Crippen LogP contribution is -2.52. The zero-order valence-corrected chi connectivity index (χ0v) is 15.6. The van der Waals surface area contributed by atoms with Crippen LogP contribution in [0.1, 0.15) is 6.92 Å².